The van der Waals surface area contributed by atoms with E-state index in [1.165, 1.54) is 11.8 Å². The van der Waals surface area contributed by atoms with E-state index >= 15 is 0 Å². The summed E-state index contributed by atoms with van der Waals surface area (Å²) in [6.07, 6.45) is 2.18. The van der Waals surface area contributed by atoms with Crippen LogP contribution in [0, 0.1) is 6.92 Å². The number of hydrogen-bond donors (Lipinski definition) is 1. The summed E-state index contributed by atoms with van der Waals surface area (Å²) < 4.78 is 5.59. The van der Waals surface area contributed by atoms with Crippen molar-refractivity contribution in [3.8, 4) is 0 Å². The summed E-state index contributed by atoms with van der Waals surface area (Å²) in [7, 11) is 0. The zero-order valence-electron chi connectivity index (χ0n) is 21.4. The topological polar surface area (TPSA) is 91.3 Å². The molecule has 3 aliphatic heterocycles. The molecule has 1 aromatic carbocycles. The number of fused-ring (bicyclic) bond motifs is 1. The SMILES string of the molecule is CC1=C(C(=O)OC(C)C)C(c2ccc(C)cc2)N2C(CC(=O)NCCCN3CCCC3=O)=CSC2=N1. The number of ether oxygens (including phenoxy) is 1. The molecule has 1 saturated heterocycles. The molecule has 0 aromatic heterocycles. The van der Waals surface area contributed by atoms with Crippen molar-refractivity contribution in [1.82, 2.24) is 15.1 Å². The van der Waals surface area contributed by atoms with Gasteiger partial charge in [0.25, 0.3) is 0 Å². The number of aliphatic imine (C=N–C) groups is 1. The highest BCUT2D eigenvalue weighted by Gasteiger charge is 2.41. The second-order valence-corrected chi connectivity index (χ2v) is 10.5. The lowest BCUT2D eigenvalue weighted by Gasteiger charge is -2.36. The van der Waals surface area contributed by atoms with E-state index in [0.717, 1.165) is 41.4 Å². The largest absolute Gasteiger partial charge is 0.459 e. The second-order valence-electron chi connectivity index (χ2n) is 9.62. The van der Waals surface area contributed by atoms with Crippen molar-refractivity contribution >= 4 is 34.7 Å². The van der Waals surface area contributed by atoms with E-state index < -0.39 is 12.0 Å². The number of allylic oxidation sites excluding steroid dienone is 1. The van der Waals surface area contributed by atoms with E-state index in [1.54, 1.807) is 0 Å². The second kappa shape index (κ2) is 11.3. The van der Waals surface area contributed by atoms with Gasteiger partial charge in [0.1, 0.15) is 0 Å². The van der Waals surface area contributed by atoms with Crippen molar-refractivity contribution in [1.29, 1.82) is 0 Å². The molecule has 0 radical (unpaired) electrons. The molecular formula is C27H34N4O4S. The Hall–Kier alpha value is -3.07. The first-order chi connectivity index (χ1) is 17.2. The zero-order chi connectivity index (χ0) is 25.8. The molecule has 192 valence electrons. The van der Waals surface area contributed by atoms with Crippen LogP contribution in [0.2, 0.25) is 0 Å². The third kappa shape index (κ3) is 5.83. The quantitative estimate of drug-likeness (QED) is 0.398. The van der Waals surface area contributed by atoms with Gasteiger partial charge < -0.3 is 19.9 Å². The van der Waals surface area contributed by atoms with Gasteiger partial charge in [-0.25, -0.2) is 9.79 Å². The molecule has 0 aliphatic carbocycles. The molecule has 4 rings (SSSR count). The summed E-state index contributed by atoms with van der Waals surface area (Å²) in [6.45, 7) is 9.49. The molecule has 1 unspecified atom stereocenters. The molecular weight excluding hydrogens is 476 g/mol. The number of rotatable bonds is 9. The molecule has 2 amide bonds. The van der Waals surface area contributed by atoms with E-state index in [4.69, 9.17) is 9.73 Å². The van der Waals surface area contributed by atoms with Crippen molar-refractivity contribution in [3.63, 3.8) is 0 Å². The Morgan fingerprint density at radius 3 is 2.64 bits per heavy atom. The van der Waals surface area contributed by atoms with Crippen LogP contribution in [-0.2, 0) is 19.1 Å². The fourth-order valence-electron chi connectivity index (χ4n) is 4.64. The fraction of sp³-hybridized carbons (Fsp3) is 0.481. The normalized spacial score (nSPS) is 19.5. The monoisotopic (exact) mass is 510 g/mol. The minimum Gasteiger partial charge on any atom is -0.459 e. The van der Waals surface area contributed by atoms with Gasteiger partial charge in [0.05, 0.1) is 29.8 Å². The molecule has 8 nitrogen and oxygen atoms in total. The van der Waals surface area contributed by atoms with Crippen LogP contribution < -0.4 is 5.32 Å². The van der Waals surface area contributed by atoms with Gasteiger partial charge in [-0.05, 0) is 51.5 Å². The van der Waals surface area contributed by atoms with Gasteiger partial charge in [0.2, 0.25) is 11.8 Å². The lowest BCUT2D eigenvalue weighted by Crippen LogP contribution is -2.38. The number of carbonyl (C=O) groups is 3. The smallest absolute Gasteiger partial charge is 0.338 e. The van der Waals surface area contributed by atoms with Crippen LogP contribution in [0.3, 0.4) is 0 Å². The van der Waals surface area contributed by atoms with Crippen molar-refractivity contribution in [2.75, 3.05) is 19.6 Å². The first-order valence-electron chi connectivity index (χ1n) is 12.5. The number of hydrogen-bond acceptors (Lipinski definition) is 7. The molecule has 0 saturated carbocycles. The minimum absolute atomic E-state index is 0.101. The van der Waals surface area contributed by atoms with Crippen molar-refractivity contribution in [2.45, 2.75) is 65.5 Å². The van der Waals surface area contributed by atoms with Crippen LogP contribution in [0.4, 0.5) is 0 Å². The van der Waals surface area contributed by atoms with Crippen LogP contribution >= 0.6 is 11.8 Å². The Kier molecular flexibility index (Phi) is 8.18. The van der Waals surface area contributed by atoms with Crippen molar-refractivity contribution < 1.29 is 19.1 Å². The first kappa shape index (κ1) is 26.0. The molecule has 3 aliphatic rings. The average molecular weight is 511 g/mol. The van der Waals surface area contributed by atoms with Gasteiger partial charge in [0, 0.05) is 31.8 Å². The Labute approximate surface area is 216 Å². The van der Waals surface area contributed by atoms with E-state index in [0.29, 0.717) is 30.8 Å². The van der Waals surface area contributed by atoms with E-state index in [-0.39, 0.29) is 24.3 Å². The van der Waals surface area contributed by atoms with Gasteiger partial charge in [-0.1, -0.05) is 41.6 Å². The Morgan fingerprint density at radius 2 is 1.97 bits per heavy atom. The summed E-state index contributed by atoms with van der Waals surface area (Å²) >= 11 is 1.46. The number of nitrogens with zero attached hydrogens (tertiary/aromatic N) is 3. The maximum Gasteiger partial charge on any atom is 0.338 e. The lowest BCUT2D eigenvalue weighted by molar-refractivity contribution is -0.143. The van der Waals surface area contributed by atoms with Gasteiger partial charge >= 0.3 is 5.97 Å². The van der Waals surface area contributed by atoms with Crippen LogP contribution in [0.5, 0.6) is 0 Å². The third-order valence-corrected chi connectivity index (χ3v) is 7.29. The lowest BCUT2D eigenvalue weighted by atomic mass is 9.93. The molecule has 0 spiro atoms. The maximum absolute atomic E-state index is 13.2. The number of amides is 2. The number of esters is 1. The number of thioether (sulfide) groups is 1. The predicted octanol–water partition coefficient (Wildman–Crippen LogP) is 4.04. The van der Waals surface area contributed by atoms with Crippen LogP contribution in [0.1, 0.15) is 63.6 Å². The highest BCUT2D eigenvalue weighted by molar-refractivity contribution is 8.16. The number of carbonyl (C=O) groups excluding carboxylic acids is 3. The zero-order valence-corrected chi connectivity index (χ0v) is 22.2. The highest BCUT2D eigenvalue weighted by Crippen LogP contribution is 2.44. The standard InChI is InChI=1S/C27H34N4O4S/c1-17(2)35-26(34)24-19(4)29-27-31(25(24)20-10-8-18(3)9-11-20)21(16-36-27)15-22(32)28-12-6-14-30-13-5-7-23(30)33/h8-11,16-17,25H,5-7,12-15H2,1-4H3,(H,28,32). The number of benzene rings is 1. The molecule has 36 heavy (non-hydrogen) atoms. The summed E-state index contributed by atoms with van der Waals surface area (Å²) in [5.74, 6) is -0.298. The van der Waals surface area contributed by atoms with Crippen LogP contribution in [-0.4, -0.2) is 58.5 Å². The van der Waals surface area contributed by atoms with Gasteiger partial charge in [-0.2, -0.15) is 0 Å². The first-order valence-corrected chi connectivity index (χ1v) is 13.4. The molecule has 1 aromatic rings. The van der Waals surface area contributed by atoms with Crippen LogP contribution in [0.15, 0.2) is 51.6 Å². The van der Waals surface area contributed by atoms with Crippen molar-refractivity contribution in [2.24, 2.45) is 4.99 Å². The highest BCUT2D eigenvalue weighted by atomic mass is 32.2. The van der Waals surface area contributed by atoms with Gasteiger partial charge in [-0.15, -0.1) is 0 Å². The summed E-state index contributed by atoms with van der Waals surface area (Å²) in [5.41, 5.74) is 3.96. The van der Waals surface area contributed by atoms with E-state index in [9.17, 15) is 14.4 Å². The van der Waals surface area contributed by atoms with E-state index in [2.05, 4.69) is 5.32 Å². The van der Waals surface area contributed by atoms with Crippen molar-refractivity contribution in [3.05, 3.63) is 57.8 Å². The van der Waals surface area contributed by atoms with Gasteiger partial charge in [-0.3, -0.25) is 9.59 Å². The Balaban J connectivity index is 1.49. The molecule has 3 heterocycles. The van der Waals surface area contributed by atoms with E-state index in [1.807, 2.05) is 67.2 Å². The predicted molar refractivity (Wildman–Crippen MR) is 141 cm³/mol. The molecule has 1 N–H and O–H groups in total. The molecule has 0 bridgehead atoms. The summed E-state index contributed by atoms with van der Waals surface area (Å²) in [4.78, 5) is 46.3. The fourth-order valence-corrected chi connectivity index (χ4v) is 5.60. The third-order valence-electron chi connectivity index (χ3n) is 6.40. The minimum atomic E-state index is -0.431. The Morgan fingerprint density at radius 1 is 1.22 bits per heavy atom. The average Bonchev–Trinajstić information content (AvgIpc) is 3.41. The summed E-state index contributed by atoms with van der Waals surface area (Å²) in [5, 5.41) is 5.66. The van der Waals surface area contributed by atoms with Crippen LogP contribution in [0.25, 0.3) is 0 Å². The number of nitrogens with one attached hydrogen (secondary N) is 1. The number of aryl methyl sites for hydroxylation is 1. The molecule has 1 atom stereocenters. The maximum atomic E-state index is 13.2. The molecule has 1 fully saturated rings. The Bertz CT molecular complexity index is 1120. The summed E-state index contributed by atoms with van der Waals surface area (Å²) in [6, 6.07) is 7.63. The number of likely N-dealkylation sites (tertiary alicyclic amines) is 1. The number of amidine groups is 1. The van der Waals surface area contributed by atoms with Gasteiger partial charge in [0.15, 0.2) is 5.17 Å². The molecule has 9 heteroatoms.